The van der Waals surface area contributed by atoms with E-state index in [1.165, 1.54) is 24.3 Å². The topological polar surface area (TPSA) is 75.6 Å². The number of aromatic hydroxyl groups is 1. The van der Waals surface area contributed by atoms with Crippen molar-refractivity contribution in [3.63, 3.8) is 0 Å². The lowest BCUT2D eigenvalue weighted by molar-refractivity contribution is -0.274. The maximum absolute atomic E-state index is 12.1. The third kappa shape index (κ3) is 4.29. The van der Waals surface area contributed by atoms with Crippen molar-refractivity contribution in [3.05, 3.63) is 48.5 Å². The highest BCUT2D eigenvalue weighted by molar-refractivity contribution is 7.92. The molecule has 22 heavy (non-hydrogen) atoms. The molecule has 0 radical (unpaired) electrons. The standard InChI is InChI=1S/C13H10F3NO4S/c14-13(15,16)21-11-4-6-12(7-5-11)22(19,20)17-9-2-1-3-10(18)8-9/h1-8,17-18H. The van der Waals surface area contributed by atoms with Crippen LogP contribution in [0, 0.1) is 0 Å². The van der Waals surface area contributed by atoms with E-state index in [1.54, 1.807) is 0 Å². The zero-order valence-electron chi connectivity index (χ0n) is 10.8. The molecule has 2 aromatic rings. The number of ether oxygens (including phenoxy) is 1. The molecule has 0 heterocycles. The number of alkyl halides is 3. The molecule has 0 spiro atoms. The lowest BCUT2D eigenvalue weighted by atomic mass is 10.3. The highest BCUT2D eigenvalue weighted by Gasteiger charge is 2.31. The number of nitrogens with one attached hydrogen (secondary N) is 1. The summed E-state index contributed by atoms with van der Waals surface area (Å²) in [4.78, 5) is -0.245. The van der Waals surface area contributed by atoms with Gasteiger partial charge in [0.05, 0.1) is 10.6 Å². The van der Waals surface area contributed by atoms with Crippen molar-refractivity contribution in [1.82, 2.24) is 0 Å². The average Bonchev–Trinajstić information content (AvgIpc) is 2.36. The number of rotatable bonds is 4. The van der Waals surface area contributed by atoms with Gasteiger partial charge in [0, 0.05) is 6.07 Å². The zero-order chi connectivity index (χ0) is 16.4. The van der Waals surface area contributed by atoms with Gasteiger partial charge in [-0.15, -0.1) is 13.2 Å². The molecule has 5 nitrogen and oxygen atoms in total. The molecule has 0 bridgehead atoms. The molecule has 2 N–H and O–H groups in total. The lowest BCUT2D eigenvalue weighted by Gasteiger charge is -2.11. The first-order valence-corrected chi connectivity index (χ1v) is 7.32. The smallest absolute Gasteiger partial charge is 0.508 e. The van der Waals surface area contributed by atoms with Crippen LogP contribution >= 0.6 is 0 Å². The first-order valence-electron chi connectivity index (χ1n) is 5.83. The Balaban J connectivity index is 2.19. The number of anilines is 1. The molecule has 0 aliphatic heterocycles. The lowest BCUT2D eigenvalue weighted by Crippen LogP contribution is -2.17. The fourth-order valence-electron chi connectivity index (χ4n) is 1.60. The summed E-state index contributed by atoms with van der Waals surface area (Å²) in [5.41, 5.74) is 0.121. The van der Waals surface area contributed by atoms with E-state index < -0.39 is 22.1 Å². The Labute approximate surface area is 124 Å². The summed E-state index contributed by atoms with van der Waals surface area (Å²) >= 11 is 0. The van der Waals surface area contributed by atoms with E-state index >= 15 is 0 Å². The van der Waals surface area contributed by atoms with Crippen molar-refractivity contribution >= 4 is 15.7 Å². The number of halogens is 3. The third-order valence-corrected chi connectivity index (χ3v) is 3.86. The normalized spacial score (nSPS) is 12.0. The maximum Gasteiger partial charge on any atom is 0.573 e. The second kappa shape index (κ2) is 5.76. The number of phenols is 1. The Bertz CT molecular complexity index is 758. The number of hydrogen-bond donors (Lipinski definition) is 2. The van der Waals surface area contributed by atoms with E-state index in [9.17, 15) is 26.7 Å². The van der Waals surface area contributed by atoms with E-state index in [0.29, 0.717) is 0 Å². The van der Waals surface area contributed by atoms with Crippen LogP contribution in [0.15, 0.2) is 53.4 Å². The van der Waals surface area contributed by atoms with Gasteiger partial charge < -0.3 is 9.84 Å². The fourth-order valence-corrected chi connectivity index (χ4v) is 2.65. The SMILES string of the molecule is O=S(=O)(Nc1cccc(O)c1)c1ccc(OC(F)(F)F)cc1. The summed E-state index contributed by atoms with van der Waals surface area (Å²) in [5, 5.41) is 9.27. The van der Waals surface area contributed by atoms with Crippen LogP contribution in [0.25, 0.3) is 0 Å². The second-order valence-corrected chi connectivity index (χ2v) is 5.86. The zero-order valence-corrected chi connectivity index (χ0v) is 11.6. The molecule has 2 aromatic carbocycles. The minimum Gasteiger partial charge on any atom is -0.508 e. The number of phenolic OH excluding ortho intramolecular Hbond substituents is 1. The molecule has 0 aliphatic rings. The van der Waals surface area contributed by atoms with Gasteiger partial charge in [0.2, 0.25) is 0 Å². The van der Waals surface area contributed by atoms with E-state index in [-0.39, 0.29) is 16.3 Å². The van der Waals surface area contributed by atoms with E-state index in [2.05, 4.69) is 9.46 Å². The Morgan fingerprint density at radius 3 is 2.23 bits per heavy atom. The van der Waals surface area contributed by atoms with Gasteiger partial charge >= 0.3 is 6.36 Å². The van der Waals surface area contributed by atoms with Crippen LogP contribution < -0.4 is 9.46 Å². The van der Waals surface area contributed by atoms with Crippen LogP contribution in [0.5, 0.6) is 11.5 Å². The third-order valence-electron chi connectivity index (χ3n) is 2.47. The van der Waals surface area contributed by atoms with Gasteiger partial charge in [-0.3, -0.25) is 4.72 Å². The molecule has 0 unspecified atom stereocenters. The first kappa shape index (κ1) is 16.0. The monoisotopic (exact) mass is 333 g/mol. The summed E-state index contributed by atoms with van der Waals surface area (Å²) in [6.07, 6.45) is -4.85. The average molecular weight is 333 g/mol. The number of sulfonamides is 1. The summed E-state index contributed by atoms with van der Waals surface area (Å²) in [5.74, 6) is -0.655. The minimum atomic E-state index is -4.85. The van der Waals surface area contributed by atoms with Crippen LogP contribution in [0.4, 0.5) is 18.9 Å². The molecule has 0 saturated carbocycles. The highest BCUT2D eigenvalue weighted by Crippen LogP contribution is 2.25. The van der Waals surface area contributed by atoms with Crippen LogP contribution in [0.2, 0.25) is 0 Å². The van der Waals surface area contributed by atoms with Gasteiger partial charge in [-0.25, -0.2) is 8.42 Å². The van der Waals surface area contributed by atoms with Crippen molar-refractivity contribution < 1.29 is 31.4 Å². The molecular formula is C13H10F3NO4S. The Morgan fingerprint density at radius 2 is 1.68 bits per heavy atom. The van der Waals surface area contributed by atoms with E-state index in [1.807, 2.05) is 0 Å². The molecule has 0 fully saturated rings. The van der Waals surface area contributed by atoms with Gasteiger partial charge in [0.15, 0.2) is 0 Å². The van der Waals surface area contributed by atoms with Crippen LogP contribution in [-0.2, 0) is 10.0 Å². The van der Waals surface area contributed by atoms with Crippen LogP contribution in [0.1, 0.15) is 0 Å². The Morgan fingerprint density at radius 1 is 1.05 bits per heavy atom. The van der Waals surface area contributed by atoms with E-state index in [0.717, 1.165) is 24.3 Å². The summed E-state index contributed by atoms with van der Waals surface area (Å²) in [6.45, 7) is 0. The summed E-state index contributed by atoms with van der Waals surface area (Å²) in [7, 11) is -3.99. The molecule has 9 heteroatoms. The molecule has 0 aliphatic carbocycles. The van der Waals surface area contributed by atoms with Crippen molar-refractivity contribution in [2.45, 2.75) is 11.3 Å². The first-order chi connectivity index (χ1) is 10.2. The molecule has 0 amide bonds. The molecular weight excluding hydrogens is 323 g/mol. The molecule has 118 valence electrons. The van der Waals surface area contributed by atoms with Gasteiger partial charge in [-0.1, -0.05) is 6.07 Å². The summed E-state index contributed by atoms with van der Waals surface area (Å²) in [6, 6.07) is 9.15. The van der Waals surface area contributed by atoms with Crippen molar-refractivity contribution in [2.75, 3.05) is 4.72 Å². The number of benzene rings is 2. The fraction of sp³-hybridized carbons (Fsp3) is 0.0769. The van der Waals surface area contributed by atoms with Crippen molar-refractivity contribution in [2.24, 2.45) is 0 Å². The molecule has 0 aromatic heterocycles. The Hall–Kier alpha value is -2.42. The number of hydrogen-bond acceptors (Lipinski definition) is 4. The maximum atomic E-state index is 12.1. The van der Waals surface area contributed by atoms with Crippen LogP contribution in [0.3, 0.4) is 0 Å². The van der Waals surface area contributed by atoms with Crippen molar-refractivity contribution in [1.29, 1.82) is 0 Å². The highest BCUT2D eigenvalue weighted by atomic mass is 32.2. The second-order valence-electron chi connectivity index (χ2n) is 4.18. The molecule has 2 rings (SSSR count). The molecule has 0 saturated heterocycles. The largest absolute Gasteiger partial charge is 0.573 e. The van der Waals surface area contributed by atoms with Gasteiger partial charge in [0.25, 0.3) is 10.0 Å². The predicted octanol–water partition coefficient (Wildman–Crippen LogP) is 3.09. The minimum absolute atomic E-state index is 0.121. The van der Waals surface area contributed by atoms with Gasteiger partial charge in [0.1, 0.15) is 11.5 Å². The predicted molar refractivity (Wildman–Crippen MR) is 72.0 cm³/mol. The van der Waals surface area contributed by atoms with Crippen molar-refractivity contribution in [3.8, 4) is 11.5 Å². The van der Waals surface area contributed by atoms with Gasteiger partial charge in [-0.2, -0.15) is 0 Å². The Kier molecular flexibility index (Phi) is 4.18. The van der Waals surface area contributed by atoms with Gasteiger partial charge in [-0.05, 0) is 36.4 Å². The molecule has 0 atom stereocenters. The van der Waals surface area contributed by atoms with Crippen LogP contribution in [-0.4, -0.2) is 19.9 Å². The summed E-state index contributed by atoms with van der Waals surface area (Å²) < 4.78 is 66.0. The quantitative estimate of drug-likeness (QED) is 0.901. The van der Waals surface area contributed by atoms with E-state index in [4.69, 9.17) is 0 Å².